The Morgan fingerprint density at radius 2 is 2.04 bits per heavy atom. The van der Waals surface area contributed by atoms with Gasteiger partial charge in [0.15, 0.2) is 0 Å². The van der Waals surface area contributed by atoms with Gasteiger partial charge in [0, 0.05) is 18.7 Å². The van der Waals surface area contributed by atoms with Gasteiger partial charge in [0.2, 0.25) is 17.7 Å². The number of nitrogens with zero attached hydrogens (tertiary/aromatic N) is 1. The van der Waals surface area contributed by atoms with Crippen LogP contribution >= 0.6 is 11.6 Å². The minimum Gasteiger partial charge on any atom is -0.392 e. The van der Waals surface area contributed by atoms with Crippen molar-refractivity contribution < 1.29 is 24.2 Å². The smallest absolute Gasteiger partial charge is 0.250 e. The molecule has 3 aliphatic rings. The Morgan fingerprint density at radius 1 is 1.32 bits per heavy atom. The number of hydrogen-bond acceptors (Lipinski definition) is 6. The molecule has 3 aliphatic heterocycles. The number of aliphatic hydroxyl groups excluding tert-OH is 1. The molecule has 0 bridgehead atoms. The summed E-state index contributed by atoms with van der Waals surface area (Å²) < 4.78 is 5.01. The lowest BCUT2D eigenvalue weighted by Gasteiger charge is -2.30. The summed E-state index contributed by atoms with van der Waals surface area (Å²) in [6, 6.07) is 2.78. The summed E-state index contributed by atoms with van der Waals surface area (Å²) >= 11 is 6.34. The van der Waals surface area contributed by atoms with Crippen molar-refractivity contribution in [2.24, 2.45) is 11.8 Å². The average Bonchev–Trinajstić information content (AvgIpc) is 3.21. The van der Waals surface area contributed by atoms with E-state index in [4.69, 9.17) is 16.3 Å². The number of hydrogen-bond donors (Lipinski definition) is 3. The number of rotatable bonds is 4. The third-order valence-electron chi connectivity index (χ3n) is 5.98. The molecule has 1 aromatic rings. The van der Waals surface area contributed by atoms with Gasteiger partial charge in [0.05, 0.1) is 41.8 Å². The summed E-state index contributed by atoms with van der Waals surface area (Å²) in [5, 5.41) is 16.6. The van der Waals surface area contributed by atoms with E-state index in [-0.39, 0.29) is 13.2 Å². The molecule has 0 aliphatic carbocycles. The highest BCUT2D eigenvalue weighted by atomic mass is 35.5. The van der Waals surface area contributed by atoms with Crippen LogP contribution in [0.5, 0.6) is 0 Å². The molecule has 3 heterocycles. The number of carbonyl (C=O) groups is 3. The van der Waals surface area contributed by atoms with E-state index in [1.807, 2.05) is 6.92 Å². The fraction of sp³-hybridized carbons (Fsp3) is 0.526. The molecule has 1 spiro atoms. The van der Waals surface area contributed by atoms with Crippen LogP contribution in [0.1, 0.15) is 18.1 Å². The van der Waals surface area contributed by atoms with E-state index >= 15 is 0 Å². The number of methoxy groups -OCH3 is 1. The zero-order valence-electron chi connectivity index (χ0n) is 15.8. The van der Waals surface area contributed by atoms with Crippen molar-refractivity contribution in [2.45, 2.75) is 31.5 Å². The van der Waals surface area contributed by atoms with E-state index in [9.17, 15) is 19.5 Å². The number of halogens is 1. The Hall–Kier alpha value is -2.00. The molecule has 28 heavy (non-hydrogen) atoms. The Balaban J connectivity index is 1.89. The molecular weight excluding hydrogens is 386 g/mol. The number of likely N-dealkylation sites (tertiary alicyclic amines) is 1. The van der Waals surface area contributed by atoms with Crippen molar-refractivity contribution in [3.8, 4) is 0 Å². The molecule has 0 saturated carbocycles. The minimum atomic E-state index is -1.45. The van der Waals surface area contributed by atoms with Crippen molar-refractivity contribution in [1.82, 2.24) is 10.2 Å². The van der Waals surface area contributed by atoms with Crippen LogP contribution in [0.15, 0.2) is 12.1 Å². The van der Waals surface area contributed by atoms with E-state index < -0.39 is 47.2 Å². The zero-order valence-corrected chi connectivity index (χ0v) is 16.5. The summed E-state index contributed by atoms with van der Waals surface area (Å²) in [6.07, 6.45) is -0.942. The van der Waals surface area contributed by atoms with Gasteiger partial charge in [-0.25, -0.2) is 0 Å². The first-order chi connectivity index (χ1) is 13.2. The third kappa shape index (κ3) is 2.38. The van der Waals surface area contributed by atoms with Gasteiger partial charge in [-0.2, -0.15) is 0 Å². The molecule has 0 radical (unpaired) electrons. The van der Waals surface area contributed by atoms with Crippen LogP contribution in [0.4, 0.5) is 5.69 Å². The highest BCUT2D eigenvalue weighted by Gasteiger charge is 2.71. The summed E-state index contributed by atoms with van der Waals surface area (Å²) in [7, 11) is 1.49. The lowest BCUT2D eigenvalue weighted by atomic mass is 9.76. The molecule has 5 atom stereocenters. The quantitative estimate of drug-likeness (QED) is 0.623. The molecular formula is C19H22ClN3O5. The zero-order chi connectivity index (χ0) is 20.4. The predicted molar refractivity (Wildman–Crippen MR) is 101 cm³/mol. The van der Waals surface area contributed by atoms with Gasteiger partial charge in [-0.05, 0) is 25.5 Å². The summed E-state index contributed by atoms with van der Waals surface area (Å²) in [6.45, 7) is 3.69. The molecule has 0 unspecified atom stereocenters. The number of nitrogens with one attached hydrogen (secondary N) is 2. The molecule has 8 nitrogen and oxygen atoms in total. The van der Waals surface area contributed by atoms with Crippen molar-refractivity contribution >= 4 is 35.0 Å². The second kappa shape index (κ2) is 6.52. The summed E-state index contributed by atoms with van der Waals surface area (Å²) in [4.78, 5) is 40.6. The van der Waals surface area contributed by atoms with Crippen LogP contribution < -0.4 is 10.6 Å². The first kappa shape index (κ1) is 19.3. The fourth-order valence-electron chi connectivity index (χ4n) is 4.80. The van der Waals surface area contributed by atoms with E-state index in [0.717, 1.165) is 10.5 Å². The predicted octanol–water partition coefficient (Wildman–Crippen LogP) is 0.396. The highest BCUT2D eigenvalue weighted by Crippen LogP contribution is 2.54. The van der Waals surface area contributed by atoms with Gasteiger partial charge in [0.25, 0.3) is 0 Å². The van der Waals surface area contributed by atoms with Crippen LogP contribution in [0.2, 0.25) is 5.02 Å². The number of benzene rings is 1. The number of anilines is 1. The van der Waals surface area contributed by atoms with Gasteiger partial charge in [-0.3, -0.25) is 24.6 Å². The topological polar surface area (TPSA) is 108 Å². The maximum absolute atomic E-state index is 13.3. The molecule has 2 saturated heterocycles. The Kier molecular flexibility index (Phi) is 4.50. The summed E-state index contributed by atoms with van der Waals surface area (Å²) in [5.41, 5.74) is 0.346. The molecule has 1 aromatic carbocycles. The normalized spacial score (nSPS) is 32.1. The number of imide groups is 1. The number of aryl methyl sites for hydroxylation is 1. The fourth-order valence-corrected chi connectivity index (χ4v) is 5.12. The number of carbonyl (C=O) groups excluding carboxylic acids is 3. The largest absolute Gasteiger partial charge is 0.392 e. The highest BCUT2D eigenvalue weighted by molar-refractivity contribution is 6.35. The maximum atomic E-state index is 13.3. The third-order valence-corrected chi connectivity index (χ3v) is 6.28. The van der Waals surface area contributed by atoms with Gasteiger partial charge in [-0.15, -0.1) is 0 Å². The average molecular weight is 408 g/mol. The van der Waals surface area contributed by atoms with Crippen LogP contribution in [0.3, 0.4) is 0 Å². The van der Waals surface area contributed by atoms with Crippen LogP contribution in [0, 0.1) is 18.8 Å². The number of aliphatic hydroxyl groups is 1. The van der Waals surface area contributed by atoms with E-state index in [1.54, 1.807) is 19.1 Å². The maximum Gasteiger partial charge on any atom is 0.250 e. The lowest BCUT2D eigenvalue weighted by molar-refractivity contribution is -0.143. The Morgan fingerprint density at radius 3 is 2.68 bits per heavy atom. The monoisotopic (exact) mass is 407 g/mol. The van der Waals surface area contributed by atoms with Crippen LogP contribution in [-0.2, 0) is 24.7 Å². The van der Waals surface area contributed by atoms with Crippen molar-refractivity contribution in [1.29, 1.82) is 0 Å². The Bertz CT molecular complexity index is 889. The van der Waals surface area contributed by atoms with E-state index in [1.165, 1.54) is 7.11 Å². The molecule has 3 N–H and O–H groups in total. The van der Waals surface area contributed by atoms with E-state index in [0.29, 0.717) is 16.3 Å². The Labute approximate surface area is 167 Å². The molecule has 0 aromatic heterocycles. The van der Waals surface area contributed by atoms with Crippen molar-refractivity contribution in [3.63, 3.8) is 0 Å². The first-order valence-electron chi connectivity index (χ1n) is 9.16. The van der Waals surface area contributed by atoms with Crippen molar-refractivity contribution in [2.75, 3.05) is 25.6 Å². The van der Waals surface area contributed by atoms with Gasteiger partial charge >= 0.3 is 0 Å². The van der Waals surface area contributed by atoms with Gasteiger partial charge in [0.1, 0.15) is 5.54 Å². The van der Waals surface area contributed by atoms with Crippen LogP contribution in [0.25, 0.3) is 0 Å². The standard InChI is InChI=1S/C19H22ClN3O5/c1-8-6-10-15(11(20)7-8)21-18(27)19(10)13-12(14(22-19)9(2)24)16(25)23(17(13)26)4-5-28-3/h6-7,9,12-14,22,24H,4-5H2,1-3H3,(H,21,27)/t9-,12+,13+,14+,19+/m1/s1. The second-order valence-electron chi connectivity index (χ2n) is 7.67. The number of ether oxygens (including phenoxy) is 1. The van der Waals surface area contributed by atoms with E-state index in [2.05, 4.69) is 10.6 Å². The molecule has 9 heteroatoms. The summed E-state index contributed by atoms with van der Waals surface area (Å²) in [5.74, 6) is -3.09. The lowest BCUT2D eigenvalue weighted by Crippen LogP contribution is -2.55. The second-order valence-corrected chi connectivity index (χ2v) is 8.07. The van der Waals surface area contributed by atoms with Gasteiger partial charge < -0.3 is 15.2 Å². The molecule has 3 amide bonds. The minimum absolute atomic E-state index is 0.104. The number of amides is 3. The van der Waals surface area contributed by atoms with Crippen LogP contribution in [-0.4, -0.2) is 60.1 Å². The molecule has 4 rings (SSSR count). The molecule has 150 valence electrons. The SMILES string of the molecule is COCCN1C(=O)[C@@H]2[C@H]([C@@H](C)O)N[C@]3(C(=O)Nc4c(Cl)cc(C)cc43)[C@@H]2C1=O. The van der Waals surface area contributed by atoms with Crippen molar-refractivity contribution in [3.05, 3.63) is 28.3 Å². The number of fused-ring (bicyclic) bond motifs is 4. The molecule has 2 fully saturated rings. The van der Waals surface area contributed by atoms with Gasteiger partial charge in [-0.1, -0.05) is 17.7 Å². The first-order valence-corrected chi connectivity index (χ1v) is 9.53.